The van der Waals surface area contributed by atoms with Gasteiger partial charge in [0.15, 0.2) is 0 Å². The summed E-state index contributed by atoms with van der Waals surface area (Å²) in [5.74, 6) is 0.573. The Hall–Kier alpha value is -2.96. The second kappa shape index (κ2) is 8.19. The third kappa shape index (κ3) is 4.09. The lowest BCUT2D eigenvalue weighted by atomic mass is 9.99. The van der Waals surface area contributed by atoms with Crippen molar-refractivity contribution >= 4 is 11.8 Å². The van der Waals surface area contributed by atoms with Crippen molar-refractivity contribution < 1.29 is 9.59 Å². The summed E-state index contributed by atoms with van der Waals surface area (Å²) in [6, 6.07) is 9.46. The van der Waals surface area contributed by atoms with Crippen LogP contribution >= 0.6 is 0 Å². The van der Waals surface area contributed by atoms with Crippen LogP contribution in [0.3, 0.4) is 0 Å². The molecule has 1 saturated heterocycles. The normalized spacial score (nSPS) is 19.0. The summed E-state index contributed by atoms with van der Waals surface area (Å²) in [6.07, 6.45) is 3.56. The molecule has 7 heteroatoms. The number of carbonyl (C=O) groups excluding carboxylic acids is 2. The number of piperidine rings is 1. The molecule has 1 aromatic carbocycles. The molecule has 2 aliphatic rings. The molecule has 2 amide bonds. The molecule has 2 aromatic rings. The Morgan fingerprint density at radius 1 is 1.17 bits per heavy atom. The molecule has 1 atom stereocenters. The molecule has 0 spiro atoms. The molecule has 1 fully saturated rings. The van der Waals surface area contributed by atoms with Gasteiger partial charge < -0.3 is 14.8 Å². The molecule has 2 aliphatic heterocycles. The monoisotopic (exact) mass is 394 g/mol. The number of nitrogens with zero attached hydrogens (tertiary/aromatic N) is 3. The molecular formula is C22H26N4O3. The van der Waals surface area contributed by atoms with Crippen LogP contribution in [-0.2, 0) is 29.0 Å². The molecule has 0 aliphatic carbocycles. The van der Waals surface area contributed by atoms with Gasteiger partial charge in [0.2, 0.25) is 11.8 Å². The van der Waals surface area contributed by atoms with Crippen LogP contribution in [0.15, 0.2) is 35.1 Å². The van der Waals surface area contributed by atoms with Crippen LogP contribution in [0.25, 0.3) is 0 Å². The van der Waals surface area contributed by atoms with Gasteiger partial charge in [0, 0.05) is 25.6 Å². The van der Waals surface area contributed by atoms with E-state index in [0.717, 1.165) is 24.8 Å². The lowest BCUT2D eigenvalue weighted by Gasteiger charge is -2.36. The van der Waals surface area contributed by atoms with Crippen molar-refractivity contribution in [3.8, 4) is 0 Å². The Labute approximate surface area is 169 Å². The van der Waals surface area contributed by atoms with E-state index in [2.05, 4.69) is 4.98 Å². The highest BCUT2D eigenvalue weighted by atomic mass is 16.2. The Morgan fingerprint density at radius 2 is 1.97 bits per heavy atom. The first-order valence-electron chi connectivity index (χ1n) is 10.2. The fourth-order valence-electron chi connectivity index (χ4n) is 4.27. The molecule has 4 rings (SSSR count). The van der Waals surface area contributed by atoms with Gasteiger partial charge in [-0.25, -0.2) is 4.98 Å². The molecule has 152 valence electrons. The second-order valence-corrected chi connectivity index (χ2v) is 7.83. The first-order chi connectivity index (χ1) is 14.0. The zero-order valence-electron chi connectivity index (χ0n) is 16.7. The highest BCUT2D eigenvalue weighted by molar-refractivity contribution is 5.79. The van der Waals surface area contributed by atoms with Crippen LogP contribution in [0.5, 0.6) is 0 Å². The number of aromatic nitrogens is 2. The van der Waals surface area contributed by atoms with Gasteiger partial charge in [0.1, 0.15) is 5.82 Å². The largest absolute Gasteiger partial charge is 0.337 e. The highest BCUT2D eigenvalue weighted by Crippen LogP contribution is 2.30. The number of hydrogen-bond acceptors (Lipinski definition) is 4. The van der Waals surface area contributed by atoms with E-state index in [1.54, 1.807) is 4.90 Å². The lowest BCUT2D eigenvalue weighted by molar-refractivity contribution is -0.134. The molecule has 0 unspecified atom stereocenters. The summed E-state index contributed by atoms with van der Waals surface area (Å²) in [7, 11) is 0. The van der Waals surface area contributed by atoms with Crippen LogP contribution in [0, 0.1) is 0 Å². The summed E-state index contributed by atoms with van der Waals surface area (Å²) < 4.78 is 0. The Kier molecular flexibility index (Phi) is 5.47. The standard InChI is InChI=1S/C22H26N4O3/c1-15(27)25-12-10-17-18(14-25)23-21(24-22(17)29)19-9-5-6-11-26(19)20(28)13-16-7-3-2-4-8-16/h2-4,7-8,19H,5-6,9-14H2,1H3,(H,23,24,29)/t19-/m0/s1. The van der Waals surface area contributed by atoms with E-state index in [1.807, 2.05) is 35.2 Å². The van der Waals surface area contributed by atoms with Gasteiger partial charge in [-0.15, -0.1) is 0 Å². The zero-order valence-corrected chi connectivity index (χ0v) is 16.7. The van der Waals surface area contributed by atoms with Gasteiger partial charge in [-0.05, 0) is 31.2 Å². The fraction of sp³-hybridized carbons (Fsp3) is 0.455. The average molecular weight is 394 g/mol. The minimum absolute atomic E-state index is 0.0170. The molecular weight excluding hydrogens is 368 g/mol. The molecule has 1 aromatic heterocycles. The molecule has 0 saturated carbocycles. The molecule has 29 heavy (non-hydrogen) atoms. The number of carbonyl (C=O) groups is 2. The predicted molar refractivity (Wildman–Crippen MR) is 108 cm³/mol. The molecule has 0 bridgehead atoms. The van der Waals surface area contributed by atoms with Gasteiger partial charge in [-0.3, -0.25) is 14.4 Å². The quantitative estimate of drug-likeness (QED) is 0.862. The number of rotatable bonds is 3. The number of nitrogens with one attached hydrogen (secondary N) is 1. The predicted octanol–water partition coefficient (Wildman–Crippen LogP) is 1.97. The second-order valence-electron chi connectivity index (χ2n) is 7.83. The van der Waals surface area contributed by atoms with E-state index >= 15 is 0 Å². The third-order valence-corrected chi connectivity index (χ3v) is 5.87. The van der Waals surface area contributed by atoms with Gasteiger partial charge in [-0.2, -0.15) is 0 Å². The van der Waals surface area contributed by atoms with Crippen molar-refractivity contribution in [3.63, 3.8) is 0 Å². The van der Waals surface area contributed by atoms with Crippen molar-refractivity contribution in [3.05, 3.63) is 63.3 Å². The Balaban J connectivity index is 1.61. The number of amides is 2. The van der Waals surface area contributed by atoms with Crippen LogP contribution in [-0.4, -0.2) is 44.7 Å². The maximum absolute atomic E-state index is 13.0. The van der Waals surface area contributed by atoms with E-state index < -0.39 is 0 Å². The first-order valence-corrected chi connectivity index (χ1v) is 10.2. The maximum atomic E-state index is 13.0. The minimum Gasteiger partial charge on any atom is -0.337 e. The lowest BCUT2D eigenvalue weighted by Crippen LogP contribution is -2.42. The Morgan fingerprint density at radius 3 is 2.72 bits per heavy atom. The summed E-state index contributed by atoms with van der Waals surface area (Å²) in [4.78, 5) is 48.7. The fourth-order valence-corrected chi connectivity index (χ4v) is 4.27. The smallest absolute Gasteiger partial charge is 0.254 e. The average Bonchev–Trinajstić information content (AvgIpc) is 2.74. The highest BCUT2D eigenvalue weighted by Gasteiger charge is 2.31. The summed E-state index contributed by atoms with van der Waals surface area (Å²) >= 11 is 0. The van der Waals surface area contributed by atoms with E-state index in [1.165, 1.54) is 6.92 Å². The van der Waals surface area contributed by atoms with Gasteiger partial charge >= 0.3 is 0 Å². The van der Waals surface area contributed by atoms with Gasteiger partial charge in [0.05, 0.1) is 24.7 Å². The van der Waals surface area contributed by atoms with Crippen LogP contribution < -0.4 is 5.56 Å². The molecule has 0 radical (unpaired) electrons. The molecule has 1 N–H and O–H groups in total. The van der Waals surface area contributed by atoms with Crippen molar-refractivity contribution in [2.45, 2.75) is 51.6 Å². The van der Waals surface area contributed by atoms with E-state index in [9.17, 15) is 14.4 Å². The van der Waals surface area contributed by atoms with Crippen molar-refractivity contribution in [1.29, 1.82) is 0 Å². The number of likely N-dealkylation sites (tertiary alicyclic amines) is 1. The first kappa shape index (κ1) is 19.4. The molecule has 3 heterocycles. The minimum atomic E-state index is -0.231. The van der Waals surface area contributed by atoms with Crippen molar-refractivity contribution in [2.75, 3.05) is 13.1 Å². The van der Waals surface area contributed by atoms with Crippen LogP contribution in [0.1, 0.15) is 54.9 Å². The molecule has 7 nitrogen and oxygen atoms in total. The topological polar surface area (TPSA) is 86.4 Å². The summed E-state index contributed by atoms with van der Waals surface area (Å²) in [6.45, 7) is 3.09. The summed E-state index contributed by atoms with van der Waals surface area (Å²) in [5, 5.41) is 0. The van der Waals surface area contributed by atoms with Crippen LogP contribution in [0.2, 0.25) is 0 Å². The Bertz CT molecular complexity index is 970. The van der Waals surface area contributed by atoms with E-state index in [0.29, 0.717) is 49.6 Å². The van der Waals surface area contributed by atoms with Crippen molar-refractivity contribution in [2.24, 2.45) is 0 Å². The number of benzene rings is 1. The van der Waals surface area contributed by atoms with Crippen molar-refractivity contribution in [1.82, 2.24) is 19.8 Å². The van der Waals surface area contributed by atoms with E-state index in [-0.39, 0.29) is 23.4 Å². The zero-order chi connectivity index (χ0) is 20.4. The number of fused-ring (bicyclic) bond motifs is 1. The number of H-pyrrole nitrogens is 1. The number of aromatic amines is 1. The van der Waals surface area contributed by atoms with Crippen LogP contribution in [0.4, 0.5) is 0 Å². The third-order valence-electron chi connectivity index (χ3n) is 5.87. The summed E-state index contributed by atoms with van der Waals surface area (Å²) in [5.41, 5.74) is 2.15. The maximum Gasteiger partial charge on any atom is 0.254 e. The van der Waals surface area contributed by atoms with E-state index in [4.69, 9.17) is 4.98 Å². The number of hydrogen-bond donors (Lipinski definition) is 1. The van der Waals surface area contributed by atoms with Gasteiger partial charge in [-0.1, -0.05) is 30.3 Å². The van der Waals surface area contributed by atoms with Gasteiger partial charge in [0.25, 0.3) is 5.56 Å². The SMILES string of the molecule is CC(=O)N1CCc2c(nc([C@@H]3CCCCN3C(=O)Cc3ccccc3)[nH]c2=O)C1.